The fourth-order valence-corrected chi connectivity index (χ4v) is 3.17. The normalized spacial score (nSPS) is 19.8. The van der Waals surface area contributed by atoms with E-state index in [-0.39, 0.29) is 12.0 Å². The van der Waals surface area contributed by atoms with E-state index in [2.05, 4.69) is 5.32 Å². The summed E-state index contributed by atoms with van der Waals surface area (Å²) in [4.78, 5) is 14.6. The average Bonchev–Trinajstić information content (AvgIpc) is 3.02. The van der Waals surface area contributed by atoms with Gasteiger partial charge in [-0.25, -0.2) is 0 Å². The lowest BCUT2D eigenvalue weighted by Crippen LogP contribution is -2.46. The summed E-state index contributed by atoms with van der Waals surface area (Å²) in [5, 5.41) is 3.83. The molecule has 21 heavy (non-hydrogen) atoms. The zero-order chi connectivity index (χ0) is 14.7. The Kier molecular flexibility index (Phi) is 4.66. The molecule has 0 spiro atoms. The fraction of sp³-hybridized carbons (Fsp3) is 0.562. The van der Waals surface area contributed by atoms with Crippen LogP contribution in [0.2, 0.25) is 5.02 Å². The van der Waals surface area contributed by atoms with Gasteiger partial charge >= 0.3 is 0 Å². The van der Waals surface area contributed by atoms with E-state index in [9.17, 15) is 4.79 Å². The highest BCUT2D eigenvalue weighted by Crippen LogP contribution is 2.29. The molecule has 3 rings (SSSR count). The van der Waals surface area contributed by atoms with Gasteiger partial charge in [-0.2, -0.15) is 0 Å². The first-order valence-corrected chi connectivity index (χ1v) is 8.08. The Balaban J connectivity index is 1.81. The van der Waals surface area contributed by atoms with Crippen molar-refractivity contribution in [2.24, 2.45) is 0 Å². The molecule has 1 saturated heterocycles. The Morgan fingerprint density at radius 1 is 1.24 bits per heavy atom. The van der Waals surface area contributed by atoms with Crippen molar-refractivity contribution in [3.63, 3.8) is 0 Å². The number of ether oxygens (including phenoxy) is 1. The van der Waals surface area contributed by atoms with Crippen molar-refractivity contribution in [3.05, 3.63) is 28.8 Å². The Labute approximate surface area is 130 Å². The molecule has 4 nitrogen and oxygen atoms in total. The second-order valence-corrected chi connectivity index (χ2v) is 6.14. The van der Waals surface area contributed by atoms with Crippen molar-refractivity contribution in [3.8, 4) is 5.75 Å². The largest absolute Gasteiger partial charge is 0.490 e. The van der Waals surface area contributed by atoms with Crippen LogP contribution in [0.5, 0.6) is 5.75 Å². The Hall–Kier alpha value is -1.26. The summed E-state index contributed by atoms with van der Waals surface area (Å²) < 4.78 is 6.05. The maximum absolute atomic E-state index is 12.7. The van der Waals surface area contributed by atoms with Gasteiger partial charge in [0.1, 0.15) is 5.75 Å². The number of carbonyl (C=O) groups is 1. The van der Waals surface area contributed by atoms with Crippen LogP contribution in [0.4, 0.5) is 0 Å². The van der Waals surface area contributed by atoms with Crippen LogP contribution in [0.25, 0.3) is 0 Å². The maximum Gasteiger partial charge on any atom is 0.257 e. The minimum atomic E-state index is 0.0204. The van der Waals surface area contributed by atoms with E-state index in [0.29, 0.717) is 16.3 Å². The van der Waals surface area contributed by atoms with Crippen molar-refractivity contribution in [1.82, 2.24) is 10.2 Å². The van der Waals surface area contributed by atoms with Crippen molar-refractivity contribution < 1.29 is 9.53 Å². The minimum absolute atomic E-state index is 0.0204. The lowest BCUT2D eigenvalue weighted by atomic mass is 10.1. The molecule has 1 aliphatic carbocycles. The topological polar surface area (TPSA) is 41.6 Å². The Morgan fingerprint density at radius 3 is 2.67 bits per heavy atom. The summed E-state index contributed by atoms with van der Waals surface area (Å²) >= 11 is 6.08. The van der Waals surface area contributed by atoms with Gasteiger partial charge in [-0.3, -0.25) is 4.79 Å². The highest BCUT2D eigenvalue weighted by atomic mass is 35.5. The predicted molar refractivity (Wildman–Crippen MR) is 83.1 cm³/mol. The number of benzene rings is 1. The van der Waals surface area contributed by atoms with Crippen LogP contribution in [0.3, 0.4) is 0 Å². The second kappa shape index (κ2) is 6.67. The molecular formula is C16H21ClN2O2. The second-order valence-electron chi connectivity index (χ2n) is 5.71. The molecule has 1 heterocycles. The highest BCUT2D eigenvalue weighted by Gasteiger charge is 2.24. The van der Waals surface area contributed by atoms with Crippen LogP contribution in [-0.4, -0.2) is 43.1 Å². The van der Waals surface area contributed by atoms with E-state index in [1.165, 1.54) is 12.8 Å². The van der Waals surface area contributed by atoms with Crippen LogP contribution < -0.4 is 10.1 Å². The molecule has 0 aromatic heterocycles. The van der Waals surface area contributed by atoms with Crippen molar-refractivity contribution >= 4 is 17.5 Å². The lowest BCUT2D eigenvalue weighted by molar-refractivity contribution is 0.0728. The summed E-state index contributed by atoms with van der Waals surface area (Å²) in [6.45, 7) is 3.14. The van der Waals surface area contributed by atoms with E-state index < -0.39 is 0 Å². The minimum Gasteiger partial charge on any atom is -0.490 e. The number of hydrogen-bond acceptors (Lipinski definition) is 3. The molecule has 1 aliphatic heterocycles. The number of nitrogens with zero attached hydrogens (tertiary/aromatic N) is 1. The quantitative estimate of drug-likeness (QED) is 0.933. The first-order chi connectivity index (χ1) is 10.2. The molecule has 1 amide bonds. The van der Waals surface area contributed by atoms with Gasteiger partial charge in [0.2, 0.25) is 0 Å². The third kappa shape index (κ3) is 3.50. The maximum atomic E-state index is 12.7. The summed E-state index contributed by atoms with van der Waals surface area (Å²) in [5.74, 6) is 0.696. The third-order valence-corrected chi connectivity index (χ3v) is 4.41. The summed E-state index contributed by atoms with van der Waals surface area (Å²) in [6.07, 6.45) is 4.80. The van der Waals surface area contributed by atoms with Crippen LogP contribution in [0.1, 0.15) is 36.0 Å². The molecule has 0 radical (unpaired) electrons. The zero-order valence-corrected chi connectivity index (χ0v) is 12.9. The highest BCUT2D eigenvalue weighted by molar-refractivity contribution is 6.31. The van der Waals surface area contributed by atoms with Crippen LogP contribution >= 0.6 is 11.6 Å². The lowest BCUT2D eigenvalue weighted by Gasteiger charge is -2.28. The number of carbonyl (C=O) groups excluding carboxylic acids is 1. The van der Waals surface area contributed by atoms with Crippen molar-refractivity contribution in [1.29, 1.82) is 0 Å². The summed E-state index contributed by atoms with van der Waals surface area (Å²) in [5.41, 5.74) is 0.594. The Morgan fingerprint density at radius 2 is 1.95 bits per heavy atom. The first kappa shape index (κ1) is 14.7. The van der Waals surface area contributed by atoms with Gasteiger partial charge in [0.05, 0.1) is 11.7 Å². The first-order valence-electron chi connectivity index (χ1n) is 7.70. The van der Waals surface area contributed by atoms with E-state index >= 15 is 0 Å². The monoisotopic (exact) mass is 308 g/mol. The standard InChI is InChI=1S/C16H21ClN2O2/c17-12-5-6-15(21-13-3-1-2-4-13)14(11-12)16(20)19-9-7-18-8-10-19/h5-6,11,13,18H,1-4,7-10H2. The van der Waals surface area contributed by atoms with Crippen LogP contribution in [0, 0.1) is 0 Å². The molecule has 1 N–H and O–H groups in total. The van der Waals surface area contributed by atoms with Crippen LogP contribution in [0.15, 0.2) is 18.2 Å². The molecule has 2 aliphatic rings. The van der Waals surface area contributed by atoms with Gasteiger partial charge in [-0.1, -0.05) is 11.6 Å². The number of nitrogens with one attached hydrogen (secondary N) is 1. The molecule has 1 aromatic rings. The molecule has 0 bridgehead atoms. The number of amides is 1. The molecule has 5 heteroatoms. The van der Waals surface area contributed by atoms with Gasteiger partial charge in [0.15, 0.2) is 0 Å². The summed E-state index contributed by atoms with van der Waals surface area (Å²) in [7, 11) is 0. The molecule has 1 aromatic carbocycles. The zero-order valence-electron chi connectivity index (χ0n) is 12.1. The number of halogens is 1. The van der Waals surface area contributed by atoms with E-state index in [1.807, 2.05) is 11.0 Å². The molecule has 1 saturated carbocycles. The smallest absolute Gasteiger partial charge is 0.257 e. The van der Waals surface area contributed by atoms with Gasteiger partial charge in [-0.05, 0) is 43.9 Å². The van der Waals surface area contributed by atoms with Crippen molar-refractivity contribution in [2.45, 2.75) is 31.8 Å². The molecular weight excluding hydrogens is 288 g/mol. The fourth-order valence-electron chi connectivity index (χ4n) is 3.00. The van der Waals surface area contributed by atoms with Crippen molar-refractivity contribution in [2.75, 3.05) is 26.2 Å². The van der Waals surface area contributed by atoms with Gasteiger partial charge in [-0.15, -0.1) is 0 Å². The van der Waals surface area contributed by atoms with E-state index in [4.69, 9.17) is 16.3 Å². The van der Waals surface area contributed by atoms with E-state index in [0.717, 1.165) is 39.0 Å². The molecule has 2 fully saturated rings. The number of rotatable bonds is 3. The Bertz CT molecular complexity index is 509. The average molecular weight is 309 g/mol. The predicted octanol–water partition coefficient (Wildman–Crippen LogP) is 2.71. The van der Waals surface area contributed by atoms with Gasteiger partial charge in [0, 0.05) is 31.2 Å². The molecule has 0 atom stereocenters. The molecule has 114 valence electrons. The SMILES string of the molecule is O=C(c1cc(Cl)ccc1OC1CCCC1)N1CCNCC1. The van der Waals surface area contributed by atoms with E-state index in [1.54, 1.807) is 12.1 Å². The van der Waals surface area contributed by atoms with Crippen LogP contribution in [-0.2, 0) is 0 Å². The van der Waals surface area contributed by atoms with Gasteiger partial charge < -0.3 is 15.0 Å². The third-order valence-electron chi connectivity index (χ3n) is 4.17. The number of hydrogen-bond donors (Lipinski definition) is 1. The summed E-state index contributed by atoms with van der Waals surface area (Å²) in [6, 6.07) is 5.35. The molecule has 0 unspecified atom stereocenters. The van der Waals surface area contributed by atoms with Gasteiger partial charge in [0.25, 0.3) is 5.91 Å². The number of piperazine rings is 1.